The van der Waals surface area contributed by atoms with Gasteiger partial charge >= 0.3 is 6.18 Å². The van der Waals surface area contributed by atoms with E-state index in [9.17, 15) is 30.7 Å². The van der Waals surface area contributed by atoms with Crippen LogP contribution in [0.4, 0.5) is 30.7 Å². The minimum Gasteiger partial charge on any atom is -0.209 e. The summed E-state index contributed by atoms with van der Waals surface area (Å²) in [5.41, 5.74) is -0.195. The second-order valence-corrected chi connectivity index (χ2v) is 7.29. The summed E-state index contributed by atoms with van der Waals surface area (Å²) in [4.78, 5) is 0. The number of alkyl halides is 3. The maximum absolute atomic E-state index is 14.2. The maximum atomic E-state index is 14.2. The Hall–Kier alpha value is -3.35. The number of halogens is 7. The molecule has 3 rings (SSSR count). The van der Waals surface area contributed by atoms with E-state index in [-0.39, 0.29) is 17.5 Å². The van der Waals surface area contributed by atoms with Gasteiger partial charge in [-0.05, 0) is 47.7 Å². The zero-order valence-corrected chi connectivity index (χ0v) is 17.5. The highest BCUT2D eigenvalue weighted by Crippen LogP contribution is 2.36. The third kappa shape index (κ3) is 5.72. The van der Waals surface area contributed by atoms with Gasteiger partial charge in [-0.25, -0.2) is 17.6 Å². The van der Waals surface area contributed by atoms with Gasteiger partial charge in [0.05, 0.1) is 0 Å². The van der Waals surface area contributed by atoms with E-state index in [2.05, 4.69) is 0 Å². The third-order valence-electron chi connectivity index (χ3n) is 5.02. The molecule has 0 unspecified atom stereocenters. The van der Waals surface area contributed by atoms with Crippen molar-refractivity contribution in [1.82, 2.24) is 0 Å². The number of allylic oxidation sites excluding steroid dienone is 3. The van der Waals surface area contributed by atoms with Crippen LogP contribution in [0.2, 0.25) is 0 Å². The number of hydrogen-bond donors (Lipinski definition) is 0. The van der Waals surface area contributed by atoms with Crippen LogP contribution < -0.4 is 0 Å². The second-order valence-electron chi connectivity index (χ2n) is 7.29. The molecule has 0 nitrogen and oxygen atoms in total. The van der Waals surface area contributed by atoms with Crippen LogP contribution in [0.5, 0.6) is 0 Å². The summed E-state index contributed by atoms with van der Waals surface area (Å²) in [6, 6.07) is 13.6. The largest absolute Gasteiger partial charge is 0.422 e. The molecule has 0 aliphatic heterocycles. The Morgan fingerprint density at radius 2 is 1.21 bits per heavy atom. The molecule has 0 aliphatic rings. The van der Waals surface area contributed by atoms with Gasteiger partial charge in [-0.2, -0.15) is 13.2 Å². The van der Waals surface area contributed by atoms with Gasteiger partial charge in [0.2, 0.25) is 0 Å². The van der Waals surface area contributed by atoms with Crippen molar-refractivity contribution in [1.29, 1.82) is 0 Å². The molecule has 33 heavy (non-hydrogen) atoms. The highest BCUT2D eigenvalue weighted by Gasteiger charge is 2.37. The van der Waals surface area contributed by atoms with Crippen LogP contribution in [0.3, 0.4) is 0 Å². The van der Waals surface area contributed by atoms with Crippen molar-refractivity contribution >= 4 is 5.83 Å². The summed E-state index contributed by atoms with van der Waals surface area (Å²) < 4.78 is 94.1. The molecule has 7 heteroatoms. The number of rotatable bonds is 6. The zero-order valence-electron chi connectivity index (χ0n) is 17.5. The fourth-order valence-electron chi connectivity index (χ4n) is 3.32. The van der Waals surface area contributed by atoms with Gasteiger partial charge in [0, 0.05) is 12.0 Å². The molecular weight excluding hydrogens is 445 g/mol. The van der Waals surface area contributed by atoms with Crippen molar-refractivity contribution in [3.8, 4) is 22.3 Å². The number of benzene rings is 3. The van der Waals surface area contributed by atoms with E-state index in [1.54, 1.807) is 43.3 Å². The third-order valence-corrected chi connectivity index (χ3v) is 5.02. The van der Waals surface area contributed by atoms with E-state index in [0.29, 0.717) is 35.2 Å². The Bertz CT molecular complexity index is 1150. The summed E-state index contributed by atoms with van der Waals surface area (Å²) in [6.45, 7) is 1.79. The molecule has 0 aliphatic carbocycles. The first kappa shape index (κ1) is 24.3. The van der Waals surface area contributed by atoms with Gasteiger partial charge < -0.3 is 0 Å². The molecule has 0 spiro atoms. The average molecular weight is 464 g/mol. The second kappa shape index (κ2) is 10.1. The normalized spacial score (nSPS) is 12.8. The summed E-state index contributed by atoms with van der Waals surface area (Å²) in [7, 11) is 0. The standard InChI is InChI=1S/C26H19F7/c1-2-3-4-5-21(27)25(30)19-12-10-17(11-13-19)16-6-8-18(9-7-16)20-14-22(28)24(23(29)15-20)26(31,32)33/h2-3,6-15H,4-5H2,1H3/b3-2+,25-21+. The first-order valence-corrected chi connectivity index (χ1v) is 10.0. The van der Waals surface area contributed by atoms with E-state index < -0.39 is 35.0 Å². The monoisotopic (exact) mass is 464 g/mol. The van der Waals surface area contributed by atoms with Crippen molar-refractivity contribution < 1.29 is 30.7 Å². The maximum Gasteiger partial charge on any atom is 0.422 e. The number of hydrogen-bond acceptors (Lipinski definition) is 0. The van der Waals surface area contributed by atoms with Crippen LogP contribution >= 0.6 is 0 Å². The zero-order chi connectivity index (χ0) is 24.2. The van der Waals surface area contributed by atoms with Gasteiger partial charge in [0.1, 0.15) is 23.0 Å². The molecule has 0 saturated heterocycles. The molecular formula is C26H19F7. The Labute approximate surface area is 186 Å². The highest BCUT2D eigenvalue weighted by molar-refractivity contribution is 5.72. The van der Waals surface area contributed by atoms with Gasteiger partial charge in [-0.3, -0.25) is 0 Å². The molecule has 0 atom stereocenters. The summed E-state index contributed by atoms with van der Waals surface area (Å²) in [5.74, 6) is -5.13. The molecule has 172 valence electrons. The Balaban J connectivity index is 1.82. The van der Waals surface area contributed by atoms with Crippen LogP contribution in [-0.4, -0.2) is 0 Å². The van der Waals surface area contributed by atoms with Crippen LogP contribution in [0.1, 0.15) is 30.9 Å². The van der Waals surface area contributed by atoms with Crippen LogP contribution in [0.15, 0.2) is 78.6 Å². The van der Waals surface area contributed by atoms with Gasteiger partial charge in [0.25, 0.3) is 0 Å². The molecule has 3 aromatic carbocycles. The first-order valence-electron chi connectivity index (χ1n) is 10.0. The Kier molecular flexibility index (Phi) is 7.41. The predicted molar refractivity (Wildman–Crippen MR) is 115 cm³/mol. The minimum atomic E-state index is -5.13. The van der Waals surface area contributed by atoms with Crippen molar-refractivity contribution in [2.75, 3.05) is 0 Å². The van der Waals surface area contributed by atoms with Crippen LogP contribution in [0.25, 0.3) is 28.1 Å². The van der Waals surface area contributed by atoms with E-state index in [1.165, 1.54) is 24.3 Å². The van der Waals surface area contributed by atoms with Crippen LogP contribution in [0, 0.1) is 11.6 Å². The molecule has 0 aromatic heterocycles. The SMILES string of the molecule is C/C=C/CC/C(F)=C(\F)c1ccc(-c2ccc(-c3cc(F)c(C(F)(F)F)c(F)c3)cc2)cc1. The first-order chi connectivity index (χ1) is 15.6. The predicted octanol–water partition coefficient (Wildman–Crippen LogP) is 9.28. The van der Waals surface area contributed by atoms with E-state index in [1.807, 2.05) is 0 Å². The highest BCUT2D eigenvalue weighted by atomic mass is 19.4. The smallest absolute Gasteiger partial charge is 0.209 e. The van der Waals surface area contributed by atoms with E-state index in [4.69, 9.17) is 0 Å². The van der Waals surface area contributed by atoms with Crippen molar-refractivity contribution in [2.45, 2.75) is 25.9 Å². The molecule has 3 aromatic rings. The molecule has 0 radical (unpaired) electrons. The average Bonchev–Trinajstić information content (AvgIpc) is 2.77. The molecule has 0 N–H and O–H groups in total. The lowest BCUT2D eigenvalue weighted by atomic mass is 9.98. The van der Waals surface area contributed by atoms with Gasteiger partial charge in [0.15, 0.2) is 5.83 Å². The fraction of sp³-hybridized carbons (Fsp3) is 0.154. The quantitative estimate of drug-likeness (QED) is 0.252. The lowest BCUT2D eigenvalue weighted by Crippen LogP contribution is -2.11. The minimum absolute atomic E-state index is 0.0372. The summed E-state index contributed by atoms with van der Waals surface area (Å²) >= 11 is 0. The Morgan fingerprint density at radius 1 is 0.758 bits per heavy atom. The lowest BCUT2D eigenvalue weighted by Gasteiger charge is -2.11. The van der Waals surface area contributed by atoms with Gasteiger partial charge in [-0.1, -0.05) is 60.7 Å². The topological polar surface area (TPSA) is 0 Å². The molecule has 0 saturated carbocycles. The molecule has 0 fully saturated rings. The molecule has 0 heterocycles. The van der Waals surface area contributed by atoms with E-state index >= 15 is 0 Å². The molecule has 0 bridgehead atoms. The lowest BCUT2D eigenvalue weighted by molar-refractivity contribution is -0.142. The summed E-state index contributed by atoms with van der Waals surface area (Å²) in [6.07, 6.45) is -1.27. The molecule has 0 amide bonds. The van der Waals surface area contributed by atoms with Gasteiger partial charge in [-0.15, -0.1) is 0 Å². The summed E-state index contributed by atoms with van der Waals surface area (Å²) in [5, 5.41) is 0. The fourth-order valence-corrected chi connectivity index (χ4v) is 3.32. The van der Waals surface area contributed by atoms with Crippen molar-refractivity contribution in [2.24, 2.45) is 0 Å². The van der Waals surface area contributed by atoms with Crippen molar-refractivity contribution in [3.05, 3.63) is 101 Å². The van der Waals surface area contributed by atoms with Crippen molar-refractivity contribution in [3.63, 3.8) is 0 Å². The Morgan fingerprint density at radius 3 is 1.67 bits per heavy atom. The van der Waals surface area contributed by atoms with E-state index in [0.717, 1.165) is 0 Å². The van der Waals surface area contributed by atoms with Crippen LogP contribution in [-0.2, 0) is 6.18 Å².